The molecule has 1 aliphatic rings. The zero-order valence-electron chi connectivity index (χ0n) is 11.8. The number of hydrogen-bond acceptors (Lipinski definition) is 2. The predicted octanol–water partition coefficient (Wildman–Crippen LogP) is 3.23. The molecular formula is C17H18N2O. The molecular weight excluding hydrogens is 248 g/mol. The number of rotatable bonds is 2. The average Bonchev–Trinajstić information content (AvgIpc) is 2.74. The summed E-state index contributed by atoms with van der Waals surface area (Å²) >= 11 is 0. The van der Waals surface area contributed by atoms with E-state index in [0.717, 1.165) is 5.69 Å². The summed E-state index contributed by atoms with van der Waals surface area (Å²) in [5, 5.41) is 1.91. The molecule has 0 bridgehead atoms. The third-order valence-electron chi connectivity index (χ3n) is 3.69. The van der Waals surface area contributed by atoms with E-state index < -0.39 is 0 Å². The minimum atomic E-state index is -0.335. The van der Waals surface area contributed by atoms with E-state index in [0.29, 0.717) is 6.54 Å². The van der Waals surface area contributed by atoms with Gasteiger partial charge in [-0.3, -0.25) is 15.2 Å². The minimum absolute atomic E-state index is 0.0737. The minimum Gasteiger partial charge on any atom is -0.284 e. The number of amides is 1. The van der Waals surface area contributed by atoms with E-state index in [4.69, 9.17) is 0 Å². The molecule has 0 atom stereocenters. The number of carbonyl (C=O) groups excluding carboxylic acids is 1. The molecule has 1 aliphatic heterocycles. The van der Waals surface area contributed by atoms with E-state index >= 15 is 0 Å². The van der Waals surface area contributed by atoms with Gasteiger partial charge in [0.1, 0.15) is 0 Å². The third-order valence-corrected chi connectivity index (χ3v) is 3.69. The van der Waals surface area contributed by atoms with Crippen molar-refractivity contribution < 1.29 is 4.79 Å². The van der Waals surface area contributed by atoms with E-state index in [9.17, 15) is 4.79 Å². The van der Waals surface area contributed by atoms with E-state index in [2.05, 4.69) is 29.7 Å². The molecule has 0 radical (unpaired) electrons. The molecule has 0 unspecified atom stereocenters. The lowest BCUT2D eigenvalue weighted by molar-refractivity contribution is -0.125. The van der Waals surface area contributed by atoms with Crippen molar-refractivity contribution in [2.45, 2.75) is 13.8 Å². The normalized spacial score (nSPS) is 17.1. The van der Waals surface area contributed by atoms with Gasteiger partial charge < -0.3 is 0 Å². The highest BCUT2D eigenvalue weighted by molar-refractivity contribution is 5.87. The molecule has 1 amide bonds. The van der Waals surface area contributed by atoms with Crippen molar-refractivity contribution in [1.82, 2.24) is 5.43 Å². The number of benzene rings is 2. The Balaban J connectivity index is 1.83. The van der Waals surface area contributed by atoms with Gasteiger partial charge in [-0.25, -0.2) is 0 Å². The molecule has 3 heteroatoms. The van der Waals surface area contributed by atoms with Crippen LogP contribution in [-0.2, 0) is 4.79 Å². The van der Waals surface area contributed by atoms with Gasteiger partial charge in [0.25, 0.3) is 0 Å². The molecule has 1 saturated heterocycles. The molecule has 0 aliphatic carbocycles. The van der Waals surface area contributed by atoms with Crippen LogP contribution in [0.25, 0.3) is 11.1 Å². The van der Waals surface area contributed by atoms with Gasteiger partial charge in [0.05, 0.1) is 17.6 Å². The number of nitrogens with one attached hydrogen (secondary N) is 1. The Morgan fingerprint density at radius 2 is 1.55 bits per heavy atom. The topological polar surface area (TPSA) is 32.3 Å². The van der Waals surface area contributed by atoms with Crippen LogP contribution in [-0.4, -0.2) is 12.5 Å². The molecule has 102 valence electrons. The lowest BCUT2D eigenvalue weighted by Crippen LogP contribution is -2.33. The zero-order valence-corrected chi connectivity index (χ0v) is 11.8. The summed E-state index contributed by atoms with van der Waals surface area (Å²) in [6.45, 7) is 4.61. The van der Waals surface area contributed by atoms with Gasteiger partial charge in [-0.05, 0) is 37.1 Å². The predicted molar refractivity (Wildman–Crippen MR) is 81.1 cm³/mol. The quantitative estimate of drug-likeness (QED) is 0.905. The molecule has 0 aromatic heterocycles. The van der Waals surface area contributed by atoms with E-state index in [1.807, 2.05) is 49.2 Å². The van der Waals surface area contributed by atoms with Crippen molar-refractivity contribution >= 4 is 11.6 Å². The molecule has 0 spiro atoms. The first-order chi connectivity index (χ1) is 9.56. The second kappa shape index (κ2) is 4.67. The van der Waals surface area contributed by atoms with Gasteiger partial charge >= 0.3 is 0 Å². The molecule has 2 aromatic carbocycles. The summed E-state index contributed by atoms with van der Waals surface area (Å²) in [7, 11) is 0. The summed E-state index contributed by atoms with van der Waals surface area (Å²) in [6.07, 6.45) is 0. The van der Waals surface area contributed by atoms with Crippen molar-refractivity contribution in [2.24, 2.45) is 5.41 Å². The summed E-state index contributed by atoms with van der Waals surface area (Å²) in [6, 6.07) is 18.5. The first-order valence-electron chi connectivity index (χ1n) is 6.80. The second-order valence-electron chi connectivity index (χ2n) is 5.82. The fourth-order valence-corrected chi connectivity index (χ4v) is 2.40. The summed E-state index contributed by atoms with van der Waals surface area (Å²) in [4.78, 5) is 11.8. The van der Waals surface area contributed by atoms with Crippen molar-refractivity contribution in [3.8, 4) is 11.1 Å². The number of hydrazine groups is 1. The Morgan fingerprint density at radius 1 is 0.950 bits per heavy atom. The molecule has 3 nitrogen and oxygen atoms in total. The van der Waals surface area contributed by atoms with E-state index in [-0.39, 0.29) is 11.3 Å². The van der Waals surface area contributed by atoms with Crippen LogP contribution in [0.4, 0.5) is 5.69 Å². The Kier molecular flexibility index (Phi) is 2.97. The lowest BCUT2D eigenvalue weighted by atomic mass is 9.94. The fourth-order valence-electron chi connectivity index (χ4n) is 2.40. The van der Waals surface area contributed by atoms with Gasteiger partial charge in [0.15, 0.2) is 0 Å². The molecule has 3 rings (SSSR count). The maximum atomic E-state index is 11.8. The van der Waals surface area contributed by atoms with Crippen molar-refractivity contribution in [2.75, 3.05) is 11.6 Å². The van der Waals surface area contributed by atoms with Crippen LogP contribution in [0.2, 0.25) is 0 Å². The number of hydrogen-bond donors (Lipinski definition) is 1. The van der Waals surface area contributed by atoms with Crippen LogP contribution in [0, 0.1) is 5.41 Å². The smallest absolute Gasteiger partial charge is 0.246 e. The Labute approximate surface area is 119 Å². The van der Waals surface area contributed by atoms with Crippen LogP contribution < -0.4 is 10.4 Å². The molecule has 0 saturated carbocycles. The van der Waals surface area contributed by atoms with E-state index in [1.165, 1.54) is 11.1 Å². The maximum Gasteiger partial charge on any atom is 0.246 e. The van der Waals surface area contributed by atoms with Gasteiger partial charge in [-0.1, -0.05) is 42.5 Å². The fraction of sp³-hybridized carbons (Fsp3) is 0.235. The van der Waals surface area contributed by atoms with Gasteiger partial charge in [0.2, 0.25) is 5.91 Å². The van der Waals surface area contributed by atoms with Crippen LogP contribution in [0.15, 0.2) is 54.6 Å². The molecule has 1 heterocycles. The third kappa shape index (κ3) is 2.27. The first kappa shape index (κ1) is 12.7. The monoisotopic (exact) mass is 266 g/mol. The largest absolute Gasteiger partial charge is 0.284 e. The Bertz CT molecular complexity index is 617. The summed E-state index contributed by atoms with van der Waals surface area (Å²) in [5.74, 6) is 0.0737. The Hall–Kier alpha value is -2.29. The van der Waals surface area contributed by atoms with Crippen LogP contribution in [0.3, 0.4) is 0 Å². The van der Waals surface area contributed by atoms with Crippen LogP contribution in [0.5, 0.6) is 0 Å². The number of nitrogens with zero attached hydrogens (tertiary/aromatic N) is 1. The number of anilines is 1. The molecule has 1 fully saturated rings. The SMILES string of the molecule is CC1(C)CN(c2ccc(-c3ccccc3)cc2)NC1=O. The van der Waals surface area contributed by atoms with Crippen LogP contribution in [0.1, 0.15) is 13.8 Å². The van der Waals surface area contributed by atoms with Gasteiger partial charge in [-0.15, -0.1) is 0 Å². The highest BCUT2D eigenvalue weighted by Crippen LogP contribution is 2.28. The highest BCUT2D eigenvalue weighted by atomic mass is 16.2. The molecule has 20 heavy (non-hydrogen) atoms. The van der Waals surface area contributed by atoms with E-state index in [1.54, 1.807) is 0 Å². The second-order valence-corrected chi connectivity index (χ2v) is 5.82. The average molecular weight is 266 g/mol. The van der Waals surface area contributed by atoms with Crippen molar-refractivity contribution in [3.05, 3.63) is 54.6 Å². The van der Waals surface area contributed by atoms with Crippen molar-refractivity contribution in [1.29, 1.82) is 0 Å². The van der Waals surface area contributed by atoms with Gasteiger partial charge in [0, 0.05) is 0 Å². The van der Waals surface area contributed by atoms with Gasteiger partial charge in [-0.2, -0.15) is 0 Å². The maximum absolute atomic E-state index is 11.8. The molecule has 2 aromatic rings. The molecule has 1 N–H and O–H groups in total. The van der Waals surface area contributed by atoms with Crippen LogP contribution >= 0.6 is 0 Å². The Morgan fingerprint density at radius 3 is 2.10 bits per heavy atom. The first-order valence-corrected chi connectivity index (χ1v) is 6.80. The zero-order chi connectivity index (χ0) is 14.2. The summed E-state index contributed by atoms with van der Waals surface area (Å²) < 4.78 is 0. The lowest BCUT2D eigenvalue weighted by Gasteiger charge is -2.19. The number of carbonyl (C=O) groups is 1. The standard InChI is InChI=1S/C17H18N2O/c1-17(2)12-19(18-16(17)20)15-10-8-14(9-11-15)13-6-4-3-5-7-13/h3-11H,12H2,1-2H3,(H,18,20). The van der Waals surface area contributed by atoms with Crippen molar-refractivity contribution in [3.63, 3.8) is 0 Å². The summed E-state index contributed by atoms with van der Waals surface area (Å²) in [5.41, 5.74) is 5.97. The highest BCUT2D eigenvalue weighted by Gasteiger charge is 2.37.